The molecule has 0 aromatic carbocycles. The molecule has 1 aliphatic carbocycles. The lowest BCUT2D eigenvalue weighted by Crippen LogP contribution is -2.48. The molecule has 6 heteroatoms. The van der Waals surface area contributed by atoms with Gasteiger partial charge in [-0.2, -0.15) is 0 Å². The molecule has 1 saturated heterocycles. The third-order valence-corrected chi connectivity index (χ3v) is 5.11. The van der Waals surface area contributed by atoms with E-state index in [0.29, 0.717) is 6.54 Å². The summed E-state index contributed by atoms with van der Waals surface area (Å²) < 4.78 is 0. The fraction of sp³-hybridized carbons (Fsp3) is 0.889. The van der Waals surface area contributed by atoms with Crippen molar-refractivity contribution in [2.45, 2.75) is 51.5 Å². The summed E-state index contributed by atoms with van der Waals surface area (Å²) in [6, 6.07) is 0.207. The molecular formula is C18H34N4O2. The van der Waals surface area contributed by atoms with E-state index in [1.54, 1.807) is 4.90 Å². The molecule has 0 aromatic heterocycles. The second-order valence-corrected chi connectivity index (χ2v) is 7.59. The molecule has 1 saturated carbocycles. The second kappa shape index (κ2) is 9.25. The molecule has 0 unspecified atom stereocenters. The largest absolute Gasteiger partial charge is 0.341 e. The van der Waals surface area contributed by atoms with Crippen LogP contribution in [0.15, 0.2) is 0 Å². The van der Waals surface area contributed by atoms with Gasteiger partial charge in [-0.15, -0.1) is 0 Å². The Labute approximate surface area is 146 Å². The van der Waals surface area contributed by atoms with Crippen LogP contribution in [0.5, 0.6) is 0 Å². The highest BCUT2D eigenvalue weighted by atomic mass is 16.2. The van der Waals surface area contributed by atoms with E-state index in [4.69, 9.17) is 0 Å². The van der Waals surface area contributed by atoms with Gasteiger partial charge in [0, 0.05) is 32.2 Å². The van der Waals surface area contributed by atoms with E-state index in [-0.39, 0.29) is 24.5 Å². The molecule has 6 nitrogen and oxygen atoms in total. The van der Waals surface area contributed by atoms with Crippen molar-refractivity contribution in [1.29, 1.82) is 0 Å². The van der Waals surface area contributed by atoms with E-state index in [1.807, 2.05) is 4.90 Å². The van der Waals surface area contributed by atoms with E-state index < -0.39 is 0 Å². The van der Waals surface area contributed by atoms with Gasteiger partial charge in [-0.3, -0.25) is 4.79 Å². The Kier molecular flexibility index (Phi) is 7.34. The number of amides is 3. The first kappa shape index (κ1) is 19.0. The number of hydrogen-bond acceptors (Lipinski definition) is 3. The van der Waals surface area contributed by atoms with Gasteiger partial charge in [0.2, 0.25) is 5.91 Å². The first-order chi connectivity index (χ1) is 11.5. The van der Waals surface area contributed by atoms with Crippen molar-refractivity contribution in [3.8, 4) is 0 Å². The number of hydrogen-bond donors (Lipinski definition) is 1. The molecule has 138 valence electrons. The Bertz CT molecular complexity index is 419. The molecule has 24 heavy (non-hydrogen) atoms. The van der Waals surface area contributed by atoms with Crippen LogP contribution in [0.25, 0.3) is 0 Å². The predicted octanol–water partition coefficient (Wildman–Crippen LogP) is 1.76. The second-order valence-electron chi connectivity index (χ2n) is 7.59. The van der Waals surface area contributed by atoms with Crippen LogP contribution in [0.2, 0.25) is 0 Å². The van der Waals surface area contributed by atoms with Crippen molar-refractivity contribution in [2.24, 2.45) is 5.92 Å². The minimum absolute atomic E-state index is 0.0576. The van der Waals surface area contributed by atoms with Crippen molar-refractivity contribution in [1.82, 2.24) is 20.0 Å². The summed E-state index contributed by atoms with van der Waals surface area (Å²) in [5.74, 6) is 0.828. The van der Waals surface area contributed by atoms with Crippen LogP contribution in [-0.2, 0) is 4.79 Å². The van der Waals surface area contributed by atoms with Crippen molar-refractivity contribution in [2.75, 3.05) is 46.8 Å². The van der Waals surface area contributed by atoms with E-state index >= 15 is 0 Å². The minimum atomic E-state index is -0.0576. The zero-order valence-electron chi connectivity index (χ0n) is 15.6. The number of nitrogens with one attached hydrogen (secondary N) is 1. The molecule has 0 bridgehead atoms. The Hall–Kier alpha value is -1.30. The first-order valence-corrected chi connectivity index (χ1v) is 9.47. The van der Waals surface area contributed by atoms with Crippen molar-refractivity contribution >= 4 is 11.9 Å². The standard InChI is InChI=1S/C18H34N4O2/c1-4-10-21-11-5-12-22(14-17(21)23)18(24)19-16-8-6-15(7-9-16)13-20(2)3/h15-16H,4-14H2,1-3H3,(H,19,24). The molecule has 3 amide bonds. The summed E-state index contributed by atoms with van der Waals surface area (Å²) in [4.78, 5) is 30.6. The van der Waals surface area contributed by atoms with Gasteiger partial charge in [-0.1, -0.05) is 6.92 Å². The Balaban J connectivity index is 1.77. The van der Waals surface area contributed by atoms with Gasteiger partial charge in [0.1, 0.15) is 6.54 Å². The highest BCUT2D eigenvalue weighted by molar-refractivity contribution is 5.84. The van der Waals surface area contributed by atoms with Gasteiger partial charge in [0.15, 0.2) is 0 Å². The fourth-order valence-electron chi connectivity index (χ4n) is 3.87. The first-order valence-electron chi connectivity index (χ1n) is 9.47. The number of carbonyl (C=O) groups is 2. The highest BCUT2D eigenvalue weighted by Crippen LogP contribution is 2.24. The molecule has 0 atom stereocenters. The number of urea groups is 1. The van der Waals surface area contributed by atoms with Gasteiger partial charge in [0.25, 0.3) is 0 Å². The number of carbonyl (C=O) groups excluding carboxylic acids is 2. The van der Waals surface area contributed by atoms with E-state index in [9.17, 15) is 9.59 Å². The summed E-state index contributed by atoms with van der Waals surface area (Å²) in [6.07, 6.45) is 6.28. The van der Waals surface area contributed by atoms with Gasteiger partial charge >= 0.3 is 6.03 Å². The van der Waals surface area contributed by atoms with E-state index in [1.165, 1.54) is 12.8 Å². The molecule has 0 aromatic rings. The normalized spacial score (nSPS) is 25.8. The Morgan fingerprint density at radius 3 is 2.54 bits per heavy atom. The summed E-state index contributed by atoms with van der Waals surface area (Å²) >= 11 is 0. The highest BCUT2D eigenvalue weighted by Gasteiger charge is 2.27. The number of nitrogens with zero attached hydrogens (tertiary/aromatic N) is 3. The molecule has 1 heterocycles. The summed E-state index contributed by atoms with van der Waals surface area (Å²) in [7, 11) is 4.23. The molecule has 2 rings (SSSR count). The third-order valence-electron chi connectivity index (χ3n) is 5.11. The molecular weight excluding hydrogens is 304 g/mol. The summed E-state index contributed by atoms with van der Waals surface area (Å²) in [5, 5.41) is 3.16. The monoisotopic (exact) mass is 338 g/mol. The average molecular weight is 338 g/mol. The molecule has 0 radical (unpaired) electrons. The zero-order valence-corrected chi connectivity index (χ0v) is 15.6. The van der Waals surface area contributed by atoms with Gasteiger partial charge < -0.3 is 20.0 Å². The Morgan fingerprint density at radius 1 is 1.21 bits per heavy atom. The minimum Gasteiger partial charge on any atom is -0.341 e. The number of rotatable bonds is 5. The maximum Gasteiger partial charge on any atom is 0.318 e. The smallest absolute Gasteiger partial charge is 0.318 e. The summed E-state index contributed by atoms with van der Waals surface area (Å²) in [6.45, 7) is 5.68. The molecule has 2 fully saturated rings. The summed E-state index contributed by atoms with van der Waals surface area (Å²) in [5.41, 5.74) is 0. The lowest BCUT2D eigenvalue weighted by Gasteiger charge is -2.32. The van der Waals surface area contributed by atoms with Crippen molar-refractivity contribution in [3.05, 3.63) is 0 Å². The van der Waals surface area contributed by atoms with Crippen LogP contribution in [0.4, 0.5) is 4.79 Å². The average Bonchev–Trinajstić information content (AvgIpc) is 2.71. The third kappa shape index (κ3) is 5.65. The van der Waals surface area contributed by atoms with Gasteiger partial charge in [-0.05, 0) is 58.5 Å². The maximum absolute atomic E-state index is 12.5. The molecule has 1 aliphatic heterocycles. The lowest BCUT2D eigenvalue weighted by molar-refractivity contribution is -0.130. The predicted molar refractivity (Wildman–Crippen MR) is 95.9 cm³/mol. The van der Waals surface area contributed by atoms with Crippen LogP contribution in [0.1, 0.15) is 45.4 Å². The van der Waals surface area contributed by atoms with Crippen LogP contribution in [-0.4, -0.2) is 79.5 Å². The molecule has 2 aliphatic rings. The van der Waals surface area contributed by atoms with Gasteiger partial charge in [0.05, 0.1) is 0 Å². The van der Waals surface area contributed by atoms with Crippen LogP contribution >= 0.6 is 0 Å². The van der Waals surface area contributed by atoms with E-state index in [2.05, 4.69) is 31.2 Å². The lowest BCUT2D eigenvalue weighted by atomic mass is 9.86. The van der Waals surface area contributed by atoms with Crippen LogP contribution in [0.3, 0.4) is 0 Å². The zero-order chi connectivity index (χ0) is 17.5. The van der Waals surface area contributed by atoms with Crippen LogP contribution in [0, 0.1) is 5.92 Å². The fourth-order valence-corrected chi connectivity index (χ4v) is 3.87. The molecule has 0 spiro atoms. The van der Waals surface area contributed by atoms with E-state index in [0.717, 1.165) is 51.2 Å². The van der Waals surface area contributed by atoms with Crippen LogP contribution < -0.4 is 5.32 Å². The molecule has 1 N–H and O–H groups in total. The van der Waals surface area contributed by atoms with Crippen molar-refractivity contribution < 1.29 is 9.59 Å². The van der Waals surface area contributed by atoms with Crippen molar-refractivity contribution in [3.63, 3.8) is 0 Å². The topological polar surface area (TPSA) is 55.9 Å². The maximum atomic E-state index is 12.5. The Morgan fingerprint density at radius 2 is 1.92 bits per heavy atom. The quantitative estimate of drug-likeness (QED) is 0.831. The SMILES string of the molecule is CCCN1CCCN(C(=O)NC2CCC(CN(C)C)CC2)CC1=O. The van der Waals surface area contributed by atoms with Gasteiger partial charge in [-0.25, -0.2) is 4.79 Å².